The molecule has 2 rings (SSSR count). The second kappa shape index (κ2) is 3.49. The molecule has 15 heavy (non-hydrogen) atoms. The van der Waals surface area contributed by atoms with Gasteiger partial charge in [0.1, 0.15) is 0 Å². The first-order chi connectivity index (χ1) is 7.08. The lowest BCUT2D eigenvalue weighted by Gasteiger charge is -2.05. The zero-order chi connectivity index (χ0) is 11.0. The number of fused-ring (bicyclic) bond motifs is 1. The van der Waals surface area contributed by atoms with E-state index in [1.807, 2.05) is 13.0 Å². The van der Waals surface area contributed by atoms with Crippen molar-refractivity contribution < 1.29 is 8.78 Å². The van der Waals surface area contributed by atoms with Crippen molar-refractivity contribution in [1.82, 2.24) is 9.55 Å². The molecular weight excluding hydrogens is 200 g/mol. The molecule has 0 bridgehead atoms. The van der Waals surface area contributed by atoms with Gasteiger partial charge in [0, 0.05) is 0 Å². The van der Waals surface area contributed by atoms with Crippen molar-refractivity contribution in [2.45, 2.75) is 19.9 Å². The summed E-state index contributed by atoms with van der Waals surface area (Å²) < 4.78 is 25.9. The lowest BCUT2D eigenvalue weighted by atomic mass is 10.2. The van der Waals surface area contributed by atoms with Gasteiger partial charge in [0.05, 0.1) is 17.6 Å². The average Bonchev–Trinajstić information content (AvgIpc) is 2.43. The molecule has 2 N–H and O–H groups in total. The Morgan fingerprint density at radius 3 is 2.87 bits per heavy atom. The molecule has 80 valence electrons. The topological polar surface area (TPSA) is 43.8 Å². The molecule has 2 aromatic rings. The Hall–Kier alpha value is -1.65. The third kappa shape index (κ3) is 1.77. The number of aromatic nitrogens is 2. The predicted molar refractivity (Wildman–Crippen MR) is 54.9 cm³/mol. The summed E-state index contributed by atoms with van der Waals surface area (Å²) in [7, 11) is 0. The Balaban J connectivity index is 2.60. The first-order valence-electron chi connectivity index (χ1n) is 4.58. The Labute approximate surface area is 85.5 Å². The van der Waals surface area contributed by atoms with Crippen LogP contribution in [0.2, 0.25) is 0 Å². The normalized spacial score (nSPS) is 11.5. The van der Waals surface area contributed by atoms with Crippen molar-refractivity contribution >= 4 is 17.0 Å². The van der Waals surface area contributed by atoms with Gasteiger partial charge in [-0.3, -0.25) is 0 Å². The summed E-state index contributed by atoms with van der Waals surface area (Å²) in [6, 6.07) is 5.46. The number of anilines is 1. The molecule has 0 fully saturated rings. The van der Waals surface area contributed by atoms with Crippen LogP contribution in [-0.4, -0.2) is 16.0 Å². The van der Waals surface area contributed by atoms with Crippen LogP contribution >= 0.6 is 0 Å². The lowest BCUT2D eigenvalue weighted by molar-refractivity contribution is 0.128. The molecule has 1 aromatic heterocycles. The van der Waals surface area contributed by atoms with Gasteiger partial charge in [-0.25, -0.2) is 13.8 Å². The number of halogens is 2. The molecule has 3 nitrogen and oxygen atoms in total. The van der Waals surface area contributed by atoms with Crippen molar-refractivity contribution in [1.29, 1.82) is 0 Å². The van der Waals surface area contributed by atoms with Gasteiger partial charge in [-0.05, 0) is 24.6 Å². The maximum Gasteiger partial charge on any atom is 0.256 e. The average molecular weight is 211 g/mol. The molecule has 0 atom stereocenters. The van der Waals surface area contributed by atoms with E-state index >= 15 is 0 Å². The van der Waals surface area contributed by atoms with Gasteiger partial charge in [0.15, 0.2) is 0 Å². The highest BCUT2D eigenvalue weighted by Gasteiger charge is 2.12. The number of hydrogen-bond acceptors (Lipinski definition) is 2. The summed E-state index contributed by atoms with van der Waals surface area (Å²) in [5.41, 5.74) is 7.88. The minimum atomic E-state index is -2.43. The lowest BCUT2D eigenvalue weighted by Crippen LogP contribution is -2.09. The van der Waals surface area contributed by atoms with E-state index in [0.29, 0.717) is 11.0 Å². The summed E-state index contributed by atoms with van der Waals surface area (Å²) in [4.78, 5) is 4.01. The molecule has 0 aliphatic heterocycles. The smallest absolute Gasteiger partial charge is 0.256 e. The molecule has 0 saturated carbocycles. The fourth-order valence-electron chi connectivity index (χ4n) is 1.58. The summed E-state index contributed by atoms with van der Waals surface area (Å²) in [6.07, 6.45) is -2.43. The minimum absolute atomic E-state index is 0.135. The highest BCUT2D eigenvalue weighted by molar-refractivity contribution is 5.79. The first kappa shape index (κ1) is 9.89. The highest BCUT2D eigenvalue weighted by atomic mass is 19.3. The van der Waals surface area contributed by atoms with Crippen LogP contribution in [0, 0.1) is 6.92 Å². The Morgan fingerprint density at radius 1 is 1.47 bits per heavy atom. The van der Waals surface area contributed by atoms with Gasteiger partial charge < -0.3 is 10.3 Å². The summed E-state index contributed by atoms with van der Waals surface area (Å²) in [5.74, 6) is 0.135. The Bertz CT molecular complexity index is 491. The molecule has 0 amide bonds. The van der Waals surface area contributed by atoms with Crippen LogP contribution in [0.15, 0.2) is 18.2 Å². The third-order valence-electron chi connectivity index (χ3n) is 2.25. The van der Waals surface area contributed by atoms with Crippen molar-refractivity contribution in [2.75, 3.05) is 5.73 Å². The maximum absolute atomic E-state index is 12.3. The van der Waals surface area contributed by atoms with Gasteiger partial charge in [-0.15, -0.1) is 0 Å². The Morgan fingerprint density at radius 2 is 2.20 bits per heavy atom. The number of rotatable bonds is 2. The van der Waals surface area contributed by atoms with Crippen LogP contribution in [0.25, 0.3) is 11.0 Å². The van der Waals surface area contributed by atoms with Gasteiger partial charge in [-0.2, -0.15) is 0 Å². The van der Waals surface area contributed by atoms with E-state index < -0.39 is 13.0 Å². The molecular formula is C10H11F2N3. The van der Waals surface area contributed by atoms with Crippen LogP contribution in [0.1, 0.15) is 5.56 Å². The molecule has 0 aliphatic carbocycles. The number of hydrogen-bond donors (Lipinski definition) is 1. The minimum Gasteiger partial charge on any atom is -0.369 e. The molecule has 0 unspecified atom stereocenters. The van der Waals surface area contributed by atoms with Gasteiger partial charge in [-0.1, -0.05) is 6.07 Å². The van der Waals surface area contributed by atoms with E-state index in [1.54, 1.807) is 12.1 Å². The molecule has 5 heteroatoms. The van der Waals surface area contributed by atoms with Crippen LogP contribution in [0.3, 0.4) is 0 Å². The monoisotopic (exact) mass is 211 g/mol. The SMILES string of the molecule is Cc1ccc2nc(N)n(CC(F)F)c2c1. The third-order valence-corrected chi connectivity index (χ3v) is 2.25. The number of benzene rings is 1. The van der Waals surface area contributed by atoms with Crippen molar-refractivity contribution in [3.8, 4) is 0 Å². The fraction of sp³-hybridized carbons (Fsp3) is 0.300. The highest BCUT2D eigenvalue weighted by Crippen LogP contribution is 2.20. The molecule has 0 saturated heterocycles. The zero-order valence-corrected chi connectivity index (χ0v) is 8.24. The summed E-state index contributed by atoms with van der Waals surface area (Å²) >= 11 is 0. The Kier molecular flexibility index (Phi) is 2.30. The molecule has 1 aromatic carbocycles. The fourth-order valence-corrected chi connectivity index (χ4v) is 1.58. The largest absolute Gasteiger partial charge is 0.369 e. The number of alkyl halides is 2. The molecule has 0 spiro atoms. The second-order valence-electron chi connectivity index (χ2n) is 3.46. The van der Waals surface area contributed by atoms with E-state index in [4.69, 9.17) is 5.73 Å². The van der Waals surface area contributed by atoms with E-state index in [9.17, 15) is 8.78 Å². The number of aryl methyl sites for hydroxylation is 1. The van der Waals surface area contributed by atoms with E-state index in [-0.39, 0.29) is 5.95 Å². The van der Waals surface area contributed by atoms with Crippen LogP contribution in [0.5, 0.6) is 0 Å². The van der Waals surface area contributed by atoms with Crippen molar-refractivity contribution in [3.63, 3.8) is 0 Å². The number of nitrogen functional groups attached to an aromatic ring is 1. The number of imidazole rings is 1. The van der Waals surface area contributed by atoms with Crippen molar-refractivity contribution in [3.05, 3.63) is 23.8 Å². The maximum atomic E-state index is 12.3. The number of nitrogens with zero attached hydrogens (tertiary/aromatic N) is 2. The second-order valence-corrected chi connectivity index (χ2v) is 3.46. The van der Waals surface area contributed by atoms with Gasteiger partial charge in [0.2, 0.25) is 5.95 Å². The van der Waals surface area contributed by atoms with Gasteiger partial charge >= 0.3 is 0 Å². The standard InChI is InChI=1S/C10H11F2N3/c1-6-2-3-7-8(4-6)15(5-9(11)12)10(13)14-7/h2-4,9H,5H2,1H3,(H2,13,14). The molecule has 0 aliphatic rings. The van der Waals surface area contributed by atoms with Crippen LogP contribution in [-0.2, 0) is 6.54 Å². The summed E-state index contributed by atoms with van der Waals surface area (Å²) in [5, 5.41) is 0. The number of nitrogens with two attached hydrogens (primary N) is 1. The van der Waals surface area contributed by atoms with Crippen molar-refractivity contribution in [2.24, 2.45) is 0 Å². The van der Waals surface area contributed by atoms with E-state index in [2.05, 4.69) is 4.98 Å². The van der Waals surface area contributed by atoms with Crippen LogP contribution < -0.4 is 5.73 Å². The first-order valence-corrected chi connectivity index (χ1v) is 4.58. The molecule has 1 heterocycles. The quantitative estimate of drug-likeness (QED) is 0.827. The van der Waals surface area contributed by atoms with E-state index in [1.165, 1.54) is 4.57 Å². The molecule has 0 radical (unpaired) electrons. The summed E-state index contributed by atoms with van der Waals surface area (Å²) in [6.45, 7) is 1.49. The van der Waals surface area contributed by atoms with E-state index in [0.717, 1.165) is 5.56 Å². The van der Waals surface area contributed by atoms with Gasteiger partial charge in [0.25, 0.3) is 6.43 Å². The van der Waals surface area contributed by atoms with Crippen LogP contribution in [0.4, 0.5) is 14.7 Å². The zero-order valence-electron chi connectivity index (χ0n) is 8.24. The predicted octanol–water partition coefficient (Wildman–Crippen LogP) is 2.19.